The van der Waals surface area contributed by atoms with Crippen molar-refractivity contribution in [3.8, 4) is 5.88 Å². The fourth-order valence-electron chi connectivity index (χ4n) is 2.04. The molecule has 0 atom stereocenters. The van der Waals surface area contributed by atoms with Crippen molar-refractivity contribution in [3.05, 3.63) is 24.0 Å². The van der Waals surface area contributed by atoms with Gasteiger partial charge in [-0.15, -0.1) is 0 Å². The molecule has 1 N–H and O–H groups in total. The van der Waals surface area contributed by atoms with E-state index in [1.807, 2.05) is 0 Å². The van der Waals surface area contributed by atoms with Crippen LogP contribution in [0.2, 0.25) is 0 Å². The molecule has 1 aliphatic heterocycles. The van der Waals surface area contributed by atoms with Crippen LogP contribution in [0.4, 0.5) is 4.39 Å². The van der Waals surface area contributed by atoms with Gasteiger partial charge in [0.15, 0.2) is 5.58 Å². The number of halogens is 1. The molecule has 1 saturated heterocycles. The van der Waals surface area contributed by atoms with Crippen LogP contribution in [-0.4, -0.2) is 24.4 Å². The second-order valence-corrected chi connectivity index (χ2v) is 4.20. The van der Waals surface area contributed by atoms with E-state index in [2.05, 4.69) is 10.5 Å². The molecule has 1 aromatic carbocycles. The van der Waals surface area contributed by atoms with Crippen molar-refractivity contribution < 1.29 is 13.7 Å². The largest absolute Gasteiger partial charge is 0.472 e. The molecule has 2 heterocycles. The van der Waals surface area contributed by atoms with Crippen LogP contribution in [0.15, 0.2) is 22.7 Å². The molecule has 2 aromatic rings. The van der Waals surface area contributed by atoms with E-state index in [4.69, 9.17) is 9.26 Å². The quantitative estimate of drug-likeness (QED) is 0.867. The van der Waals surface area contributed by atoms with Gasteiger partial charge in [0.25, 0.3) is 5.88 Å². The highest BCUT2D eigenvalue weighted by Gasteiger charge is 2.18. The first-order valence-corrected chi connectivity index (χ1v) is 5.75. The number of rotatable bonds is 2. The van der Waals surface area contributed by atoms with Gasteiger partial charge in [0, 0.05) is 0 Å². The Bertz CT molecular complexity index is 520. The van der Waals surface area contributed by atoms with E-state index < -0.39 is 0 Å². The van der Waals surface area contributed by atoms with Gasteiger partial charge in [-0.25, -0.2) is 4.39 Å². The number of hydrogen-bond acceptors (Lipinski definition) is 4. The molecule has 90 valence electrons. The molecule has 0 spiro atoms. The third-order valence-electron chi connectivity index (χ3n) is 2.96. The summed E-state index contributed by atoms with van der Waals surface area (Å²) in [7, 11) is 0. The molecule has 5 heteroatoms. The third kappa shape index (κ3) is 2.10. The Morgan fingerprint density at radius 1 is 1.35 bits per heavy atom. The Morgan fingerprint density at radius 3 is 3.00 bits per heavy atom. The molecule has 0 amide bonds. The van der Waals surface area contributed by atoms with Gasteiger partial charge in [-0.2, -0.15) is 0 Å². The van der Waals surface area contributed by atoms with Crippen LogP contribution in [0.25, 0.3) is 11.0 Å². The van der Waals surface area contributed by atoms with Crippen molar-refractivity contribution in [2.45, 2.75) is 18.9 Å². The fourth-order valence-corrected chi connectivity index (χ4v) is 2.04. The van der Waals surface area contributed by atoms with Gasteiger partial charge in [-0.1, -0.05) is 0 Å². The molecule has 17 heavy (non-hydrogen) atoms. The van der Waals surface area contributed by atoms with Crippen molar-refractivity contribution in [1.82, 2.24) is 10.5 Å². The molecule has 3 rings (SSSR count). The van der Waals surface area contributed by atoms with Crippen LogP contribution in [0.1, 0.15) is 12.8 Å². The number of nitrogens with one attached hydrogen (secondary N) is 1. The molecule has 1 fully saturated rings. The van der Waals surface area contributed by atoms with Crippen molar-refractivity contribution in [2.24, 2.45) is 0 Å². The summed E-state index contributed by atoms with van der Waals surface area (Å²) in [6, 6.07) is 4.30. The maximum Gasteiger partial charge on any atom is 0.262 e. The summed E-state index contributed by atoms with van der Waals surface area (Å²) in [5.41, 5.74) is 0.551. The monoisotopic (exact) mass is 236 g/mol. The average molecular weight is 236 g/mol. The van der Waals surface area contributed by atoms with Gasteiger partial charge >= 0.3 is 0 Å². The van der Waals surface area contributed by atoms with Gasteiger partial charge in [0.05, 0.1) is 5.39 Å². The predicted molar refractivity (Wildman–Crippen MR) is 60.5 cm³/mol. The third-order valence-corrected chi connectivity index (χ3v) is 2.96. The number of benzene rings is 1. The predicted octanol–water partition coefficient (Wildman–Crippen LogP) is 2.10. The lowest BCUT2D eigenvalue weighted by Crippen LogP contribution is -2.34. The normalized spacial score (nSPS) is 17.5. The Labute approximate surface area is 97.7 Å². The van der Waals surface area contributed by atoms with Gasteiger partial charge in [0.2, 0.25) is 0 Å². The first-order valence-electron chi connectivity index (χ1n) is 5.75. The highest BCUT2D eigenvalue weighted by atomic mass is 19.1. The average Bonchev–Trinajstić information content (AvgIpc) is 2.73. The van der Waals surface area contributed by atoms with Crippen LogP contribution >= 0.6 is 0 Å². The van der Waals surface area contributed by atoms with Gasteiger partial charge < -0.3 is 14.6 Å². The molecular weight excluding hydrogens is 223 g/mol. The lowest BCUT2D eigenvalue weighted by atomic mass is 10.1. The SMILES string of the molecule is Fc1ccc2onc(OC3CCNCC3)c2c1. The first-order chi connectivity index (χ1) is 8.33. The molecule has 0 bridgehead atoms. The summed E-state index contributed by atoms with van der Waals surface area (Å²) in [5, 5.41) is 7.70. The van der Waals surface area contributed by atoms with Gasteiger partial charge in [-0.3, -0.25) is 0 Å². The maximum atomic E-state index is 13.1. The van der Waals surface area contributed by atoms with Crippen molar-refractivity contribution in [3.63, 3.8) is 0 Å². The van der Waals surface area contributed by atoms with Crippen LogP contribution in [0, 0.1) is 5.82 Å². The first kappa shape index (κ1) is 10.5. The highest BCUT2D eigenvalue weighted by molar-refractivity contribution is 5.82. The van der Waals surface area contributed by atoms with E-state index in [0.717, 1.165) is 25.9 Å². The minimum absolute atomic E-state index is 0.132. The Kier molecular flexibility index (Phi) is 2.68. The van der Waals surface area contributed by atoms with Crippen LogP contribution in [0.3, 0.4) is 0 Å². The lowest BCUT2D eigenvalue weighted by Gasteiger charge is -2.22. The van der Waals surface area contributed by atoms with E-state index in [9.17, 15) is 4.39 Å². The molecule has 0 aliphatic carbocycles. The molecule has 0 radical (unpaired) electrons. The summed E-state index contributed by atoms with van der Waals surface area (Å²) in [6.45, 7) is 1.88. The molecule has 1 aliphatic rings. The number of hydrogen-bond donors (Lipinski definition) is 1. The Hall–Kier alpha value is -1.62. The number of fused-ring (bicyclic) bond motifs is 1. The fraction of sp³-hybridized carbons (Fsp3) is 0.417. The number of aromatic nitrogens is 1. The molecule has 4 nitrogen and oxygen atoms in total. The second-order valence-electron chi connectivity index (χ2n) is 4.20. The molecular formula is C12H13FN2O2. The standard InChI is InChI=1S/C12H13FN2O2/c13-8-1-2-11-10(7-8)12(15-17-11)16-9-3-5-14-6-4-9/h1-2,7,9,14H,3-6H2. The van der Waals surface area contributed by atoms with E-state index in [1.54, 1.807) is 6.07 Å². The maximum absolute atomic E-state index is 13.1. The van der Waals surface area contributed by atoms with Crippen molar-refractivity contribution >= 4 is 11.0 Å². The minimum atomic E-state index is -0.309. The summed E-state index contributed by atoms with van der Waals surface area (Å²) in [6.07, 6.45) is 2.00. The molecule has 0 saturated carbocycles. The summed E-state index contributed by atoms with van der Waals surface area (Å²) >= 11 is 0. The topological polar surface area (TPSA) is 47.3 Å². The van der Waals surface area contributed by atoms with E-state index in [-0.39, 0.29) is 11.9 Å². The lowest BCUT2D eigenvalue weighted by molar-refractivity contribution is 0.151. The second kappa shape index (κ2) is 4.33. The summed E-state index contributed by atoms with van der Waals surface area (Å²) in [4.78, 5) is 0. The van der Waals surface area contributed by atoms with E-state index in [0.29, 0.717) is 16.8 Å². The minimum Gasteiger partial charge on any atom is -0.472 e. The van der Waals surface area contributed by atoms with E-state index >= 15 is 0 Å². The van der Waals surface area contributed by atoms with E-state index in [1.165, 1.54) is 12.1 Å². The van der Waals surface area contributed by atoms with Crippen molar-refractivity contribution in [2.75, 3.05) is 13.1 Å². The molecule has 0 unspecified atom stereocenters. The van der Waals surface area contributed by atoms with Gasteiger partial charge in [0.1, 0.15) is 11.9 Å². The summed E-state index contributed by atoms with van der Waals surface area (Å²) < 4.78 is 24.0. The zero-order valence-electron chi connectivity index (χ0n) is 9.28. The van der Waals surface area contributed by atoms with Gasteiger partial charge in [-0.05, 0) is 49.3 Å². The Balaban J connectivity index is 1.86. The van der Waals surface area contributed by atoms with Crippen LogP contribution < -0.4 is 10.1 Å². The smallest absolute Gasteiger partial charge is 0.262 e. The van der Waals surface area contributed by atoms with Crippen LogP contribution in [0.5, 0.6) is 5.88 Å². The summed E-state index contributed by atoms with van der Waals surface area (Å²) in [5.74, 6) is 0.0854. The van der Waals surface area contributed by atoms with Crippen molar-refractivity contribution in [1.29, 1.82) is 0 Å². The number of nitrogens with zero attached hydrogens (tertiary/aromatic N) is 1. The number of piperidine rings is 1. The number of ether oxygens (including phenoxy) is 1. The van der Waals surface area contributed by atoms with Crippen LogP contribution in [-0.2, 0) is 0 Å². The Morgan fingerprint density at radius 2 is 2.18 bits per heavy atom. The highest BCUT2D eigenvalue weighted by Crippen LogP contribution is 2.27. The zero-order chi connectivity index (χ0) is 11.7. The molecule has 1 aromatic heterocycles. The zero-order valence-corrected chi connectivity index (χ0v) is 9.28.